The lowest BCUT2D eigenvalue weighted by Crippen LogP contribution is -2.37. The summed E-state index contributed by atoms with van der Waals surface area (Å²) in [5.74, 6) is 0.328. The third kappa shape index (κ3) is 2.25. The lowest BCUT2D eigenvalue weighted by Gasteiger charge is -2.25. The van der Waals surface area contributed by atoms with Crippen LogP contribution >= 0.6 is 0 Å². The SMILES string of the molecule is NCC1(C(=O)Cc2cccc3ccccc23)CCCC1. The first-order chi connectivity index (χ1) is 9.75. The highest BCUT2D eigenvalue weighted by atomic mass is 16.1. The van der Waals surface area contributed by atoms with Crippen LogP contribution in [0.1, 0.15) is 31.2 Å². The van der Waals surface area contributed by atoms with E-state index in [1.807, 2.05) is 18.2 Å². The molecule has 1 aliphatic rings. The van der Waals surface area contributed by atoms with Crippen LogP contribution in [0.3, 0.4) is 0 Å². The minimum absolute atomic E-state index is 0.253. The zero-order valence-corrected chi connectivity index (χ0v) is 11.8. The van der Waals surface area contributed by atoms with E-state index in [9.17, 15) is 4.79 Å². The molecule has 20 heavy (non-hydrogen) atoms. The maximum Gasteiger partial charge on any atom is 0.144 e. The van der Waals surface area contributed by atoms with Crippen LogP contribution in [-0.2, 0) is 11.2 Å². The minimum Gasteiger partial charge on any atom is -0.329 e. The molecular weight excluding hydrogens is 246 g/mol. The van der Waals surface area contributed by atoms with E-state index in [1.54, 1.807) is 0 Å². The van der Waals surface area contributed by atoms with Gasteiger partial charge in [0.15, 0.2) is 0 Å². The van der Waals surface area contributed by atoms with Crippen LogP contribution in [0.5, 0.6) is 0 Å². The molecule has 3 rings (SSSR count). The summed E-state index contributed by atoms with van der Waals surface area (Å²) in [7, 11) is 0. The Bertz CT molecular complexity index is 621. The highest BCUT2D eigenvalue weighted by molar-refractivity contribution is 5.93. The predicted octanol–water partition coefficient (Wildman–Crippen LogP) is 3.47. The van der Waals surface area contributed by atoms with Gasteiger partial charge in [-0.05, 0) is 29.2 Å². The standard InChI is InChI=1S/C18H21NO/c19-13-18(10-3-4-11-18)17(20)12-15-8-5-7-14-6-1-2-9-16(14)15/h1-2,5-9H,3-4,10-13,19H2. The molecule has 1 aliphatic carbocycles. The number of Topliss-reactive ketones (excluding diaryl/α,β-unsaturated/α-hetero) is 1. The fourth-order valence-corrected chi connectivity index (χ4v) is 3.46. The molecule has 0 atom stereocenters. The van der Waals surface area contributed by atoms with Crippen molar-refractivity contribution < 1.29 is 4.79 Å². The van der Waals surface area contributed by atoms with Crippen molar-refractivity contribution in [3.8, 4) is 0 Å². The van der Waals surface area contributed by atoms with Gasteiger partial charge >= 0.3 is 0 Å². The first-order valence-electron chi connectivity index (χ1n) is 7.45. The Morgan fingerprint density at radius 3 is 2.50 bits per heavy atom. The van der Waals surface area contributed by atoms with Gasteiger partial charge in [-0.1, -0.05) is 55.3 Å². The van der Waals surface area contributed by atoms with Gasteiger partial charge < -0.3 is 5.73 Å². The van der Waals surface area contributed by atoms with Crippen molar-refractivity contribution in [1.29, 1.82) is 0 Å². The van der Waals surface area contributed by atoms with Gasteiger partial charge in [0.05, 0.1) is 0 Å². The van der Waals surface area contributed by atoms with Crippen LogP contribution in [0.15, 0.2) is 42.5 Å². The Morgan fingerprint density at radius 1 is 1.05 bits per heavy atom. The fourth-order valence-electron chi connectivity index (χ4n) is 3.46. The second-order valence-corrected chi connectivity index (χ2v) is 5.93. The molecule has 2 aromatic rings. The fraction of sp³-hybridized carbons (Fsp3) is 0.389. The zero-order valence-electron chi connectivity index (χ0n) is 11.8. The normalized spacial score (nSPS) is 17.4. The molecule has 0 spiro atoms. The quantitative estimate of drug-likeness (QED) is 0.921. The summed E-state index contributed by atoms with van der Waals surface area (Å²) < 4.78 is 0. The first kappa shape index (κ1) is 13.3. The topological polar surface area (TPSA) is 43.1 Å². The van der Waals surface area contributed by atoms with Crippen LogP contribution < -0.4 is 5.73 Å². The van der Waals surface area contributed by atoms with Crippen molar-refractivity contribution >= 4 is 16.6 Å². The van der Waals surface area contributed by atoms with E-state index >= 15 is 0 Å². The average molecular weight is 267 g/mol. The number of hydrogen-bond acceptors (Lipinski definition) is 2. The van der Waals surface area contributed by atoms with E-state index in [2.05, 4.69) is 24.3 Å². The van der Waals surface area contributed by atoms with Gasteiger partial charge in [0, 0.05) is 18.4 Å². The first-order valence-corrected chi connectivity index (χ1v) is 7.45. The number of benzene rings is 2. The molecule has 104 valence electrons. The van der Waals surface area contributed by atoms with Crippen molar-refractivity contribution in [2.75, 3.05) is 6.54 Å². The molecule has 0 saturated heterocycles. The van der Waals surface area contributed by atoms with E-state index in [0.29, 0.717) is 18.7 Å². The van der Waals surface area contributed by atoms with Crippen molar-refractivity contribution in [3.63, 3.8) is 0 Å². The van der Waals surface area contributed by atoms with Gasteiger partial charge in [-0.2, -0.15) is 0 Å². The summed E-state index contributed by atoms with van der Waals surface area (Å²) in [5.41, 5.74) is 6.79. The van der Waals surface area contributed by atoms with Crippen LogP contribution in [0, 0.1) is 5.41 Å². The van der Waals surface area contributed by atoms with E-state index < -0.39 is 0 Å². The highest BCUT2D eigenvalue weighted by Gasteiger charge is 2.39. The largest absolute Gasteiger partial charge is 0.329 e. The van der Waals surface area contributed by atoms with Crippen LogP contribution in [0.25, 0.3) is 10.8 Å². The van der Waals surface area contributed by atoms with Gasteiger partial charge in [-0.25, -0.2) is 0 Å². The maximum atomic E-state index is 12.7. The molecule has 1 saturated carbocycles. The molecule has 2 heteroatoms. The molecule has 1 fully saturated rings. The third-order valence-corrected chi connectivity index (χ3v) is 4.77. The van der Waals surface area contributed by atoms with Crippen molar-refractivity contribution in [1.82, 2.24) is 0 Å². The molecule has 0 aliphatic heterocycles. The monoisotopic (exact) mass is 267 g/mol. The zero-order chi connectivity index (χ0) is 14.0. The van der Waals surface area contributed by atoms with Gasteiger partial charge in [0.1, 0.15) is 5.78 Å². The third-order valence-electron chi connectivity index (χ3n) is 4.77. The molecule has 0 unspecified atom stereocenters. The number of nitrogens with two attached hydrogens (primary N) is 1. The number of hydrogen-bond donors (Lipinski definition) is 1. The Kier molecular flexibility index (Phi) is 3.58. The number of fused-ring (bicyclic) bond motifs is 1. The Balaban J connectivity index is 1.91. The number of ketones is 1. The van der Waals surface area contributed by atoms with Crippen molar-refractivity contribution in [2.45, 2.75) is 32.1 Å². The van der Waals surface area contributed by atoms with E-state index in [0.717, 1.165) is 31.2 Å². The summed E-state index contributed by atoms with van der Waals surface area (Å²) >= 11 is 0. The molecule has 0 heterocycles. The van der Waals surface area contributed by atoms with E-state index in [4.69, 9.17) is 5.73 Å². The summed E-state index contributed by atoms with van der Waals surface area (Å²) in [6, 6.07) is 14.5. The molecular formula is C18H21NO. The van der Waals surface area contributed by atoms with Crippen LogP contribution in [0.2, 0.25) is 0 Å². The Morgan fingerprint density at radius 2 is 1.75 bits per heavy atom. The molecule has 2 N–H and O–H groups in total. The summed E-state index contributed by atoms with van der Waals surface area (Å²) in [4.78, 5) is 12.7. The second kappa shape index (κ2) is 5.37. The molecule has 0 aromatic heterocycles. The number of carbonyl (C=O) groups is 1. The van der Waals surface area contributed by atoms with Gasteiger partial charge in [-0.15, -0.1) is 0 Å². The van der Waals surface area contributed by atoms with E-state index in [1.165, 1.54) is 10.8 Å². The Hall–Kier alpha value is -1.67. The van der Waals surface area contributed by atoms with Gasteiger partial charge in [0.2, 0.25) is 0 Å². The minimum atomic E-state index is -0.253. The van der Waals surface area contributed by atoms with Crippen LogP contribution in [-0.4, -0.2) is 12.3 Å². The predicted molar refractivity (Wildman–Crippen MR) is 82.6 cm³/mol. The lowest BCUT2D eigenvalue weighted by molar-refractivity contribution is -0.127. The summed E-state index contributed by atoms with van der Waals surface area (Å²) in [6.45, 7) is 0.497. The molecule has 2 aromatic carbocycles. The highest BCUT2D eigenvalue weighted by Crippen LogP contribution is 2.39. The lowest BCUT2D eigenvalue weighted by atomic mass is 9.79. The summed E-state index contributed by atoms with van der Waals surface area (Å²) in [5, 5.41) is 2.39. The average Bonchev–Trinajstić information content (AvgIpc) is 2.98. The summed E-state index contributed by atoms with van der Waals surface area (Å²) in [6.07, 6.45) is 4.72. The number of carbonyl (C=O) groups excluding carboxylic acids is 1. The van der Waals surface area contributed by atoms with Gasteiger partial charge in [-0.3, -0.25) is 4.79 Å². The van der Waals surface area contributed by atoms with Gasteiger partial charge in [0.25, 0.3) is 0 Å². The smallest absolute Gasteiger partial charge is 0.144 e. The molecule has 0 amide bonds. The van der Waals surface area contributed by atoms with E-state index in [-0.39, 0.29) is 5.41 Å². The number of rotatable bonds is 4. The second-order valence-electron chi connectivity index (χ2n) is 5.93. The maximum absolute atomic E-state index is 12.7. The Labute approximate surface area is 120 Å². The molecule has 0 bridgehead atoms. The molecule has 2 nitrogen and oxygen atoms in total. The van der Waals surface area contributed by atoms with Crippen LogP contribution in [0.4, 0.5) is 0 Å². The van der Waals surface area contributed by atoms with Crippen molar-refractivity contribution in [3.05, 3.63) is 48.0 Å². The van der Waals surface area contributed by atoms with Crippen molar-refractivity contribution in [2.24, 2.45) is 11.1 Å². The molecule has 0 radical (unpaired) electrons.